The van der Waals surface area contributed by atoms with Gasteiger partial charge in [-0.05, 0) is 99.7 Å². The molecule has 1 saturated heterocycles. The lowest BCUT2D eigenvalue weighted by atomic mass is 9.42. The smallest absolute Gasteiger partial charge is 0.309 e. The zero-order valence-electron chi connectivity index (χ0n) is 21.1. The second kappa shape index (κ2) is 8.46. The van der Waals surface area contributed by atoms with Crippen LogP contribution in [0.5, 0.6) is 0 Å². The average molecular weight is 464 g/mol. The van der Waals surface area contributed by atoms with Crippen LogP contribution in [0.2, 0.25) is 0 Å². The van der Waals surface area contributed by atoms with E-state index in [1.54, 1.807) is 0 Å². The van der Waals surface area contributed by atoms with Crippen LogP contribution in [0.25, 0.3) is 0 Å². The van der Waals surface area contributed by atoms with Crippen molar-refractivity contribution in [3.05, 3.63) is 0 Å². The fourth-order valence-corrected chi connectivity index (χ4v) is 9.19. The van der Waals surface area contributed by atoms with Crippen LogP contribution in [0.3, 0.4) is 0 Å². The maximum atomic E-state index is 12.6. The van der Waals surface area contributed by atoms with Crippen molar-refractivity contribution in [3.8, 4) is 0 Å². The lowest BCUT2D eigenvalue weighted by Crippen LogP contribution is -2.66. The van der Waals surface area contributed by atoms with Crippen LogP contribution < -0.4 is 5.73 Å². The minimum atomic E-state index is -0.371. The summed E-state index contributed by atoms with van der Waals surface area (Å²) >= 11 is 0. The summed E-state index contributed by atoms with van der Waals surface area (Å²) < 4.78 is 17.6. The average Bonchev–Trinajstić information content (AvgIpc) is 3.07. The number of carbonyl (C=O) groups is 1. The summed E-state index contributed by atoms with van der Waals surface area (Å²) in [6.45, 7) is 6.74. The first-order valence-corrected chi connectivity index (χ1v) is 13.5. The molecular formula is C27H45NO5. The number of methoxy groups -OCH3 is 1. The van der Waals surface area contributed by atoms with Gasteiger partial charge in [0.25, 0.3) is 0 Å². The molecular weight excluding hydrogens is 418 g/mol. The number of rotatable bonds is 3. The van der Waals surface area contributed by atoms with Gasteiger partial charge in [-0.3, -0.25) is 4.79 Å². The maximum absolute atomic E-state index is 12.6. The van der Waals surface area contributed by atoms with E-state index >= 15 is 0 Å². The molecule has 5 aliphatic rings. The largest absolute Gasteiger partial charge is 0.469 e. The predicted molar refractivity (Wildman–Crippen MR) is 125 cm³/mol. The first-order chi connectivity index (χ1) is 15.6. The molecule has 3 N–H and O–H groups in total. The molecule has 11 atom stereocenters. The Kier molecular flexibility index (Phi) is 6.16. The third-order valence-electron chi connectivity index (χ3n) is 11.4. The standard InChI is InChI=1S/C27H45NO5/c1-16-22(29)7-8-23(32-16)33-18-9-12-25(2)17(15-18)5-6-20-19(25)10-13-26(3)21(24(30)31-4)11-14-27(20,26)28/h16-23,29H,5-15,28H2,1-4H3/t16-,17+,18-,19-,20+,21+,22+,23+,25-,26+,27-/m0/s1. The number of nitrogens with two attached hydrogens (primary N) is 1. The van der Waals surface area contributed by atoms with E-state index in [9.17, 15) is 9.90 Å². The number of aliphatic hydroxyl groups is 1. The number of carbonyl (C=O) groups excluding carboxylic acids is 1. The molecule has 1 heterocycles. The molecule has 0 aromatic rings. The van der Waals surface area contributed by atoms with Crippen molar-refractivity contribution in [2.24, 2.45) is 40.2 Å². The van der Waals surface area contributed by atoms with Crippen LogP contribution in [0.15, 0.2) is 0 Å². The van der Waals surface area contributed by atoms with Gasteiger partial charge in [-0.1, -0.05) is 13.8 Å². The molecule has 188 valence electrons. The fraction of sp³-hybridized carbons (Fsp3) is 0.963. The topological polar surface area (TPSA) is 91.0 Å². The van der Waals surface area contributed by atoms with Crippen LogP contribution in [0.4, 0.5) is 0 Å². The summed E-state index contributed by atoms with van der Waals surface area (Å²) in [6, 6.07) is 0. The maximum Gasteiger partial charge on any atom is 0.309 e. The zero-order valence-corrected chi connectivity index (χ0v) is 21.1. The van der Waals surface area contributed by atoms with E-state index in [0.717, 1.165) is 44.9 Å². The van der Waals surface area contributed by atoms with Crippen LogP contribution in [-0.4, -0.2) is 48.3 Å². The number of fused-ring (bicyclic) bond motifs is 5. The van der Waals surface area contributed by atoms with E-state index in [4.69, 9.17) is 19.9 Å². The van der Waals surface area contributed by atoms with Crippen LogP contribution in [0.1, 0.15) is 91.4 Å². The molecule has 4 saturated carbocycles. The second-order valence-electron chi connectivity index (χ2n) is 12.6. The summed E-state index contributed by atoms with van der Waals surface area (Å²) in [4.78, 5) is 12.6. The van der Waals surface area contributed by atoms with Crippen LogP contribution >= 0.6 is 0 Å². The Hall–Kier alpha value is -0.690. The summed E-state index contributed by atoms with van der Waals surface area (Å²) in [5.41, 5.74) is 7.22. The third-order valence-corrected chi connectivity index (χ3v) is 11.4. The molecule has 1 aliphatic heterocycles. The van der Waals surface area contributed by atoms with Crippen molar-refractivity contribution in [3.63, 3.8) is 0 Å². The number of hydrogen-bond donors (Lipinski definition) is 2. The van der Waals surface area contributed by atoms with E-state index in [2.05, 4.69) is 13.8 Å². The Bertz CT molecular complexity index is 761. The zero-order chi connectivity index (χ0) is 23.6. The van der Waals surface area contributed by atoms with Crippen molar-refractivity contribution < 1.29 is 24.1 Å². The van der Waals surface area contributed by atoms with Gasteiger partial charge in [-0.25, -0.2) is 0 Å². The van der Waals surface area contributed by atoms with E-state index in [1.165, 1.54) is 32.8 Å². The highest BCUT2D eigenvalue weighted by Gasteiger charge is 2.67. The van der Waals surface area contributed by atoms with Gasteiger partial charge >= 0.3 is 5.97 Å². The highest BCUT2D eigenvalue weighted by molar-refractivity contribution is 5.74. The van der Waals surface area contributed by atoms with Gasteiger partial charge in [0.1, 0.15) is 0 Å². The summed E-state index contributed by atoms with van der Waals surface area (Å²) in [5, 5.41) is 9.95. The number of aliphatic hydroxyl groups excluding tert-OH is 1. The summed E-state index contributed by atoms with van der Waals surface area (Å²) in [6.07, 6.45) is 10.9. The summed E-state index contributed by atoms with van der Waals surface area (Å²) in [5.74, 6) is 1.67. The molecule has 0 radical (unpaired) electrons. The first-order valence-electron chi connectivity index (χ1n) is 13.5. The minimum Gasteiger partial charge on any atom is -0.469 e. The molecule has 33 heavy (non-hydrogen) atoms. The highest BCUT2D eigenvalue weighted by Crippen LogP contribution is 2.68. The highest BCUT2D eigenvalue weighted by atomic mass is 16.7. The van der Waals surface area contributed by atoms with Crippen LogP contribution in [-0.2, 0) is 19.0 Å². The van der Waals surface area contributed by atoms with Gasteiger partial charge in [-0.15, -0.1) is 0 Å². The molecule has 6 heteroatoms. The van der Waals surface area contributed by atoms with E-state index < -0.39 is 0 Å². The molecule has 0 bridgehead atoms. The lowest BCUT2D eigenvalue weighted by Gasteiger charge is -2.64. The van der Waals surface area contributed by atoms with E-state index in [1.807, 2.05) is 6.92 Å². The molecule has 6 nitrogen and oxygen atoms in total. The normalized spacial score (nSPS) is 54.1. The number of ether oxygens (including phenoxy) is 3. The van der Waals surface area contributed by atoms with Gasteiger partial charge in [0.05, 0.1) is 31.3 Å². The van der Waals surface area contributed by atoms with Crippen LogP contribution in [0, 0.1) is 34.5 Å². The Labute approximate surface area is 199 Å². The van der Waals surface area contributed by atoms with Crippen molar-refractivity contribution in [1.29, 1.82) is 0 Å². The SMILES string of the molecule is COC(=O)[C@H]1CC[C@]2(N)[C@@H]3CC[C@@H]4C[C@@H](O[C@@H]5CC[C@@H](O)[C@H](C)O5)CC[C@]4(C)[C@H]3CC[C@]12C. The van der Waals surface area contributed by atoms with E-state index in [-0.39, 0.29) is 47.4 Å². The van der Waals surface area contributed by atoms with Gasteiger partial charge in [0, 0.05) is 12.0 Å². The fourth-order valence-electron chi connectivity index (χ4n) is 9.19. The van der Waals surface area contributed by atoms with Gasteiger partial charge in [0.2, 0.25) is 0 Å². The second-order valence-corrected chi connectivity index (χ2v) is 12.6. The van der Waals surface area contributed by atoms with Gasteiger partial charge < -0.3 is 25.1 Å². The quantitative estimate of drug-likeness (QED) is 0.482. The lowest BCUT2D eigenvalue weighted by molar-refractivity contribution is -0.247. The minimum absolute atomic E-state index is 0.0560. The van der Waals surface area contributed by atoms with Crippen molar-refractivity contribution in [1.82, 2.24) is 0 Å². The van der Waals surface area contributed by atoms with Crippen molar-refractivity contribution in [2.75, 3.05) is 7.11 Å². The predicted octanol–water partition coefficient (Wildman–Crippen LogP) is 4.17. The van der Waals surface area contributed by atoms with Crippen molar-refractivity contribution >= 4 is 5.97 Å². The molecule has 0 aromatic carbocycles. The Morgan fingerprint density at radius 3 is 2.52 bits per heavy atom. The molecule has 0 amide bonds. The number of esters is 1. The third kappa shape index (κ3) is 3.61. The molecule has 4 aliphatic carbocycles. The van der Waals surface area contributed by atoms with Gasteiger partial charge in [0.15, 0.2) is 6.29 Å². The monoisotopic (exact) mass is 463 g/mol. The van der Waals surface area contributed by atoms with E-state index in [0.29, 0.717) is 23.2 Å². The Morgan fingerprint density at radius 1 is 1.00 bits per heavy atom. The van der Waals surface area contributed by atoms with Crippen molar-refractivity contribution in [2.45, 2.75) is 122 Å². The summed E-state index contributed by atoms with van der Waals surface area (Å²) in [7, 11) is 1.52. The Morgan fingerprint density at radius 2 is 1.79 bits per heavy atom. The molecule has 0 spiro atoms. The van der Waals surface area contributed by atoms with Gasteiger partial charge in [-0.2, -0.15) is 0 Å². The molecule has 0 unspecified atom stereocenters. The first kappa shape index (κ1) is 24.0. The molecule has 5 rings (SSSR count). The number of hydrogen-bond acceptors (Lipinski definition) is 6. The Balaban J connectivity index is 1.28. The molecule has 0 aromatic heterocycles. The molecule has 5 fully saturated rings.